The Balaban J connectivity index is 2.93. The van der Waals surface area contributed by atoms with Gasteiger partial charge in [-0.25, -0.2) is 0 Å². The standard InChI is InChI=1S/C11H16O/c1-5-6-8(2)11-7-9(3)12-10(11)4/h5-8H,1-4H3. The van der Waals surface area contributed by atoms with Crippen molar-refractivity contribution in [2.24, 2.45) is 0 Å². The summed E-state index contributed by atoms with van der Waals surface area (Å²) in [6.07, 6.45) is 4.25. The first-order valence-electron chi connectivity index (χ1n) is 4.35. The van der Waals surface area contributed by atoms with Crippen LogP contribution in [-0.2, 0) is 0 Å². The van der Waals surface area contributed by atoms with E-state index in [1.165, 1.54) is 5.56 Å². The Labute approximate surface area is 74.1 Å². The van der Waals surface area contributed by atoms with Crippen molar-refractivity contribution in [1.29, 1.82) is 0 Å². The van der Waals surface area contributed by atoms with Crippen LogP contribution in [0.4, 0.5) is 0 Å². The van der Waals surface area contributed by atoms with Crippen LogP contribution >= 0.6 is 0 Å². The van der Waals surface area contributed by atoms with Crippen LogP contribution in [0.15, 0.2) is 22.6 Å². The van der Waals surface area contributed by atoms with Crippen molar-refractivity contribution in [3.63, 3.8) is 0 Å². The van der Waals surface area contributed by atoms with E-state index in [1.54, 1.807) is 0 Å². The van der Waals surface area contributed by atoms with Gasteiger partial charge in [0.1, 0.15) is 11.5 Å². The molecule has 1 heterocycles. The molecular formula is C11H16O. The highest BCUT2D eigenvalue weighted by molar-refractivity contribution is 5.27. The van der Waals surface area contributed by atoms with E-state index in [2.05, 4.69) is 25.1 Å². The molecule has 1 aromatic rings. The number of hydrogen-bond acceptors (Lipinski definition) is 1. The average Bonchev–Trinajstić information content (AvgIpc) is 2.30. The minimum atomic E-state index is 0.465. The van der Waals surface area contributed by atoms with Crippen molar-refractivity contribution in [1.82, 2.24) is 0 Å². The summed E-state index contributed by atoms with van der Waals surface area (Å²) in [4.78, 5) is 0. The Morgan fingerprint density at radius 2 is 2.08 bits per heavy atom. The van der Waals surface area contributed by atoms with Gasteiger partial charge in [-0.05, 0) is 26.8 Å². The summed E-state index contributed by atoms with van der Waals surface area (Å²) in [6.45, 7) is 8.22. The summed E-state index contributed by atoms with van der Waals surface area (Å²) in [6, 6.07) is 2.11. The quantitative estimate of drug-likeness (QED) is 0.609. The topological polar surface area (TPSA) is 13.1 Å². The average molecular weight is 164 g/mol. The zero-order valence-electron chi connectivity index (χ0n) is 8.22. The second-order valence-corrected chi connectivity index (χ2v) is 3.18. The Hall–Kier alpha value is -0.980. The van der Waals surface area contributed by atoms with Crippen molar-refractivity contribution in [2.75, 3.05) is 0 Å². The molecule has 1 atom stereocenters. The number of rotatable bonds is 2. The van der Waals surface area contributed by atoms with Gasteiger partial charge in [0.2, 0.25) is 0 Å². The molecule has 1 unspecified atom stereocenters. The number of allylic oxidation sites excluding steroid dienone is 2. The Morgan fingerprint density at radius 3 is 2.50 bits per heavy atom. The second-order valence-electron chi connectivity index (χ2n) is 3.18. The van der Waals surface area contributed by atoms with Gasteiger partial charge in [-0.2, -0.15) is 0 Å². The van der Waals surface area contributed by atoms with E-state index in [1.807, 2.05) is 20.8 Å². The first-order chi connectivity index (χ1) is 5.65. The molecule has 1 aromatic heterocycles. The summed E-state index contributed by atoms with van der Waals surface area (Å²) < 4.78 is 5.45. The lowest BCUT2D eigenvalue weighted by molar-refractivity contribution is 0.500. The van der Waals surface area contributed by atoms with Gasteiger partial charge < -0.3 is 4.42 Å². The largest absolute Gasteiger partial charge is 0.466 e. The van der Waals surface area contributed by atoms with Crippen LogP contribution in [0.3, 0.4) is 0 Å². The first kappa shape index (κ1) is 9.11. The van der Waals surface area contributed by atoms with Crippen molar-refractivity contribution < 1.29 is 4.42 Å². The summed E-state index contributed by atoms with van der Waals surface area (Å²) in [5.41, 5.74) is 1.30. The van der Waals surface area contributed by atoms with E-state index < -0.39 is 0 Å². The SMILES string of the molecule is CC=CC(C)c1cc(C)oc1C. The van der Waals surface area contributed by atoms with Crippen LogP contribution in [0.5, 0.6) is 0 Å². The predicted octanol–water partition coefficient (Wildman–Crippen LogP) is 3.58. The molecule has 0 saturated heterocycles. The first-order valence-corrected chi connectivity index (χ1v) is 4.35. The maximum absolute atomic E-state index is 5.45. The van der Waals surface area contributed by atoms with Crippen LogP contribution in [0, 0.1) is 13.8 Å². The van der Waals surface area contributed by atoms with Crippen molar-refractivity contribution in [3.8, 4) is 0 Å². The molecule has 0 aliphatic heterocycles. The summed E-state index contributed by atoms with van der Waals surface area (Å²) >= 11 is 0. The van der Waals surface area contributed by atoms with E-state index in [0.717, 1.165) is 11.5 Å². The van der Waals surface area contributed by atoms with Gasteiger partial charge >= 0.3 is 0 Å². The molecule has 66 valence electrons. The van der Waals surface area contributed by atoms with Crippen LogP contribution < -0.4 is 0 Å². The molecule has 0 radical (unpaired) electrons. The van der Waals surface area contributed by atoms with Crippen LogP contribution in [0.1, 0.15) is 36.8 Å². The Kier molecular flexibility index (Phi) is 2.74. The molecule has 1 heteroatoms. The monoisotopic (exact) mass is 164 g/mol. The van der Waals surface area contributed by atoms with Gasteiger partial charge in [0.15, 0.2) is 0 Å². The smallest absolute Gasteiger partial charge is 0.104 e. The molecule has 0 bridgehead atoms. The van der Waals surface area contributed by atoms with Gasteiger partial charge in [-0.1, -0.05) is 19.1 Å². The molecule has 0 amide bonds. The second kappa shape index (κ2) is 3.61. The summed E-state index contributed by atoms with van der Waals surface area (Å²) in [7, 11) is 0. The molecule has 1 rings (SSSR count). The maximum Gasteiger partial charge on any atom is 0.104 e. The van der Waals surface area contributed by atoms with Crippen molar-refractivity contribution in [2.45, 2.75) is 33.6 Å². The third-order valence-corrected chi connectivity index (χ3v) is 2.05. The third kappa shape index (κ3) is 1.79. The minimum Gasteiger partial charge on any atom is -0.466 e. The number of hydrogen-bond donors (Lipinski definition) is 0. The van der Waals surface area contributed by atoms with Crippen molar-refractivity contribution in [3.05, 3.63) is 35.3 Å². The fourth-order valence-corrected chi connectivity index (χ4v) is 1.49. The highest BCUT2D eigenvalue weighted by Gasteiger charge is 2.08. The van der Waals surface area contributed by atoms with E-state index in [4.69, 9.17) is 4.42 Å². The zero-order chi connectivity index (χ0) is 9.14. The fourth-order valence-electron chi connectivity index (χ4n) is 1.49. The third-order valence-electron chi connectivity index (χ3n) is 2.05. The van der Waals surface area contributed by atoms with Gasteiger partial charge in [-0.15, -0.1) is 0 Å². The molecule has 0 fully saturated rings. The maximum atomic E-state index is 5.45. The molecule has 0 N–H and O–H groups in total. The molecule has 0 saturated carbocycles. The molecule has 0 aromatic carbocycles. The Bertz CT molecular complexity index is 281. The molecule has 0 spiro atoms. The minimum absolute atomic E-state index is 0.465. The zero-order valence-corrected chi connectivity index (χ0v) is 8.22. The summed E-state index contributed by atoms with van der Waals surface area (Å²) in [5.74, 6) is 2.50. The van der Waals surface area contributed by atoms with Gasteiger partial charge in [-0.3, -0.25) is 0 Å². The van der Waals surface area contributed by atoms with Crippen LogP contribution in [0.25, 0.3) is 0 Å². The Morgan fingerprint density at radius 1 is 1.42 bits per heavy atom. The molecule has 1 nitrogen and oxygen atoms in total. The molecule has 12 heavy (non-hydrogen) atoms. The van der Waals surface area contributed by atoms with E-state index >= 15 is 0 Å². The predicted molar refractivity (Wildman–Crippen MR) is 51.4 cm³/mol. The van der Waals surface area contributed by atoms with E-state index in [-0.39, 0.29) is 0 Å². The molecule has 0 aliphatic rings. The van der Waals surface area contributed by atoms with Gasteiger partial charge in [0, 0.05) is 11.5 Å². The van der Waals surface area contributed by atoms with E-state index in [9.17, 15) is 0 Å². The van der Waals surface area contributed by atoms with Gasteiger partial charge in [0.05, 0.1) is 0 Å². The number of aryl methyl sites for hydroxylation is 2. The fraction of sp³-hybridized carbons (Fsp3) is 0.455. The lowest BCUT2D eigenvalue weighted by Crippen LogP contribution is -1.87. The lowest BCUT2D eigenvalue weighted by atomic mass is 10.0. The normalized spacial score (nSPS) is 14.0. The molecule has 0 aliphatic carbocycles. The van der Waals surface area contributed by atoms with Crippen molar-refractivity contribution >= 4 is 0 Å². The highest BCUT2D eigenvalue weighted by atomic mass is 16.3. The van der Waals surface area contributed by atoms with E-state index in [0.29, 0.717) is 5.92 Å². The van der Waals surface area contributed by atoms with Gasteiger partial charge in [0.25, 0.3) is 0 Å². The summed E-state index contributed by atoms with van der Waals surface area (Å²) in [5, 5.41) is 0. The number of furan rings is 1. The lowest BCUT2D eigenvalue weighted by Gasteiger charge is -2.02. The molecular weight excluding hydrogens is 148 g/mol. The highest BCUT2D eigenvalue weighted by Crippen LogP contribution is 2.23. The van der Waals surface area contributed by atoms with Crippen LogP contribution in [-0.4, -0.2) is 0 Å². The van der Waals surface area contributed by atoms with Crippen LogP contribution in [0.2, 0.25) is 0 Å².